The van der Waals surface area contributed by atoms with Crippen molar-refractivity contribution in [2.45, 2.75) is 32.1 Å². The summed E-state index contributed by atoms with van der Waals surface area (Å²) in [5.41, 5.74) is 16.8. The molecule has 0 atom stereocenters. The van der Waals surface area contributed by atoms with Crippen molar-refractivity contribution in [3.05, 3.63) is 155 Å². The van der Waals surface area contributed by atoms with Gasteiger partial charge < -0.3 is 9.13 Å². The van der Waals surface area contributed by atoms with Crippen LogP contribution >= 0.6 is 0 Å². The number of hydrogen-bond donors (Lipinski definition) is 0. The van der Waals surface area contributed by atoms with Crippen LogP contribution in [-0.4, -0.2) is 9.13 Å². The second kappa shape index (κ2) is 10.7. The fraction of sp³-hybridized carbons (Fsp3) is 0.116. The maximum absolute atomic E-state index is 2.55. The van der Waals surface area contributed by atoms with E-state index in [9.17, 15) is 0 Å². The number of aromatic nitrogens is 2. The van der Waals surface area contributed by atoms with Crippen molar-refractivity contribution in [1.29, 1.82) is 0 Å². The first kappa shape index (κ1) is 26.1. The molecule has 0 radical (unpaired) electrons. The lowest BCUT2D eigenvalue weighted by atomic mass is 9.94. The van der Waals surface area contributed by atoms with Crippen LogP contribution in [0.25, 0.3) is 68.8 Å². The van der Waals surface area contributed by atoms with Crippen molar-refractivity contribution in [2.24, 2.45) is 0 Å². The maximum atomic E-state index is 2.55. The van der Waals surface area contributed by atoms with Crippen molar-refractivity contribution in [1.82, 2.24) is 9.13 Å². The average Bonchev–Trinajstić information content (AvgIpc) is 3.49. The molecule has 0 saturated heterocycles. The van der Waals surface area contributed by atoms with Crippen LogP contribution < -0.4 is 0 Å². The molecule has 0 N–H and O–H groups in total. The number of rotatable bonds is 4. The molecule has 216 valence electrons. The van der Waals surface area contributed by atoms with Gasteiger partial charge in [-0.25, -0.2) is 0 Å². The molecule has 45 heavy (non-hydrogen) atoms. The van der Waals surface area contributed by atoms with Crippen LogP contribution in [0.15, 0.2) is 121 Å². The Balaban J connectivity index is 1.37. The quantitative estimate of drug-likeness (QED) is 0.197. The predicted molar refractivity (Wildman–Crippen MR) is 191 cm³/mol. The summed E-state index contributed by atoms with van der Waals surface area (Å²) in [5.74, 6) is 0. The third-order valence-corrected chi connectivity index (χ3v) is 9.64. The van der Waals surface area contributed by atoms with Gasteiger partial charge in [0.25, 0.3) is 0 Å². The lowest BCUT2D eigenvalue weighted by molar-refractivity contribution is 0.864. The summed E-state index contributed by atoms with van der Waals surface area (Å²) in [4.78, 5) is 0. The van der Waals surface area contributed by atoms with E-state index in [-0.39, 0.29) is 0 Å². The Hall–Kier alpha value is -5.34. The summed E-state index contributed by atoms with van der Waals surface area (Å²) in [6.45, 7) is 0. The molecule has 3 aliphatic carbocycles. The minimum Gasteiger partial charge on any atom is -0.313 e. The third-order valence-electron chi connectivity index (χ3n) is 9.64. The van der Waals surface area contributed by atoms with Crippen LogP contribution in [0, 0.1) is 0 Å². The van der Waals surface area contributed by atoms with Crippen molar-refractivity contribution in [3.63, 3.8) is 0 Å². The smallest absolute Gasteiger partial charge is 0.0537 e. The molecule has 0 aliphatic heterocycles. The molecule has 2 nitrogen and oxygen atoms in total. The van der Waals surface area contributed by atoms with Crippen LogP contribution in [0.5, 0.6) is 0 Å². The van der Waals surface area contributed by atoms with E-state index in [2.05, 4.69) is 155 Å². The van der Waals surface area contributed by atoms with Gasteiger partial charge in [-0.15, -0.1) is 0 Å². The van der Waals surface area contributed by atoms with E-state index in [1.54, 1.807) is 0 Å². The molecule has 2 heterocycles. The van der Waals surface area contributed by atoms with E-state index in [1.165, 1.54) is 78.3 Å². The molecule has 0 fully saturated rings. The van der Waals surface area contributed by atoms with Gasteiger partial charge >= 0.3 is 0 Å². The first-order valence-corrected chi connectivity index (χ1v) is 16.2. The van der Waals surface area contributed by atoms with Gasteiger partial charge in [-0.05, 0) is 84.7 Å². The van der Waals surface area contributed by atoms with Gasteiger partial charge in [0.1, 0.15) is 0 Å². The highest BCUT2D eigenvalue weighted by Crippen LogP contribution is 2.41. The Morgan fingerprint density at radius 2 is 1.09 bits per heavy atom. The highest BCUT2D eigenvalue weighted by Gasteiger charge is 2.24. The summed E-state index contributed by atoms with van der Waals surface area (Å²) < 4.78 is 5.09. The second-order valence-corrected chi connectivity index (χ2v) is 12.3. The van der Waals surface area contributed by atoms with Crippen LogP contribution in [0.4, 0.5) is 0 Å². The maximum Gasteiger partial charge on any atom is 0.0537 e. The molecule has 0 spiro atoms. The highest BCUT2D eigenvalue weighted by atomic mass is 15.0. The van der Waals surface area contributed by atoms with Crippen LogP contribution in [0.3, 0.4) is 0 Å². The molecule has 2 heteroatoms. The zero-order valence-electron chi connectivity index (χ0n) is 25.3. The van der Waals surface area contributed by atoms with E-state index in [0.717, 1.165) is 32.1 Å². The SMILES string of the molecule is C1=Cc2c3c(n(-c4cc(-c5ccccc5-c5ccccc5)cc(-n5c6c(c7ccccc75)C=CCC6)c4)c2C=CC1)CCC=C3. The molecule has 0 unspecified atom stereocenters. The number of para-hydroxylation sites is 1. The molecule has 6 aromatic rings. The first-order valence-electron chi connectivity index (χ1n) is 16.2. The molecule has 4 aromatic carbocycles. The van der Waals surface area contributed by atoms with E-state index >= 15 is 0 Å². The van der Waals surface area contributed by atoms with Gasteiger partial charge in [0.15, 0.2) is 0 Å². The molecule has 0 amide bonds. The summed E-state index contributed by atoms with van der Waals surface area (Å²) >= 11 is 0. The van der Waals surface area contributed by atoms with Gasteiger partial charge in [0.05, 0.1) is 11.2 Å². The van der Waals surface area contributed by atoms with Gasteiger partial charge in [-0.3, -0.25) is 0 Å². The van der Waals surface area contributed by atoms with Crippen molar-refractivity contribution < 1.29 is 0 Å². The highest BCUT2D eigenvalue weighted by molar-refractivity contribution is 5.94. The third kappa shape index (κ3) is 4.24. The van der Waals surface area contributed by atoms with Gasteiger partial charge in [-0.1, -0.05) is 115 Å². The molecule has 9 rings (SSSR count). The minimum absolute atomic E-state index is 0.956. The number of nitrogens with zero attached hydrogens (tertiary/aromatic N) is 2. The molecule has 0 saturated carbocycles. The topological polar surface area (TPSA) is 9.86 Å². The Morgan fingerprint density at radius 3 is 1.91 bits per heavy atom. The Kier molecular flexibility index (Phi) is 6.19. The molecular weight excluding hydrogens is 544 g/mol. The fourth-order valence-electron chi connectivity index (χ4n) is 7.69. The normalized spacial score (nSPS) is 14.8. The van der Waals surface area contributed by atoms with Crippen molar-refractivity contribution in [3.8, 4) is 33.6 Å². The van der Waals surface area contributed by atoms with Crippen molar-refractivity contribution in [2.75, 3.05) is 0 Å². The number of fused-ring (bicyclic) bond motifs is 6. The van der Waals surface area contributed by atoms with E-state index in [0.29, 0.717) is 0 Å². The average molecular weight is 579 g/mol. The summed E-state index contributed by atoms with van der Waals surface area (Å²) in [5, 5.41) is 1.32. The Labute approximate surface area is 264 Å². The minimum atomic E-state index is 0.956. The van der Waals surface area contributed by atoms with E-state index in [1.807, 2.05) is 0 Å². The van der Waals surface area contributed by atoms with Crippen molar-refractivity contribution >= 4 is 35.2 Å². The fourth-order valence-corrected chi connectivity index (χ4v) is 7.69. The Morgan fingerprint density at radius 1 is 0.467 bits per heavy atom. The first-order chi connectivity index (χ1) is 22.3. The zero-order valence-corrected chi connectivity index (χ0v) is 25.3. The van der Waals surface area contributed by atoms with E-state index in [4.69, 9.17) is 0 Å². The predicted octanol–water partition coefficient (Wildman–Crippen LogP) is 11.1. The number of hydrogen-bond acceptors (Lipinski definition) is 0. The monoisotopic (exact) mass is 578 g/mol. The summed E-state index contributed by atoms with van der Waals surface area (Å²) in [6.07, 6.45) is 23.7. The van der Waals surface area contributed by atoms with Gasteiger partial charge in [-0.2, -0.15) is 0 Å². The lowest BCUT2D eigenvalue weighted by Gasteiger charge is -2.20. The Bertz CT molecular complexity index is 2230. The second-order valence-electron chi connectivity index (χ2n) is 12.3. The zero-order chi connectivity index (χ0) is 29.7. The molecule has 0 bridgehead atoms. The van der Waals surface area contributed by atoms with Crippen LogP contribution in [-0.2, 0) is 12.8 Å². The summed E-state index contributed by atoms with van der Waals surface area (Å²) in [6, 6.07) is 35.9. The van der Waals surface area contributed by atoms with E-state index < -0.39 is 0 Å². The van der Waals surface area contributed by atoms with Crippen LogP contribution in [0.2, 0.25) is 0 Å². The van der Waals surface area contributed by atoms with Crippen LogP contribution in [0.1, 0.15) is 53.0 Å². The largest absolute Gasteiger partial charge is 0.313 e. The van der Waals surface area contributed by atoms with Gasteiger partial charge in [0.2, 0.25) is 0 Å². The molecule has 3 aliphatic rings. The van der Waals surface area contributed by atoms with Gasteiger partial charge in [0, 0.05) is 44.8 Å². The molecule has 2 aromatic heterocycles. The number of benzene rings is 4. The number of allylic oxidation sites excluding steroid dienone is 4. The molecular formula is C43H34N2. The lowest BCUT2D eigenvalue weighted by Crippen LogP contribution is -2.08. The standard InChI is InChI=1S/C43H34N2/c1-3-15-30(16-4-1)34-17-7-8-18-35(34)31-27-32(44-40-23-6-2-5-19-36(40)37-20-9-12-24-41(37)44)29-33(28-31)45-42-25-13-10-21-38(42)39-22-11-14-26-43(39)45/h1,3-11,13,15-23,25,27-29H,2,12,14,24,26H2. The summed E-state index contributed by atoms with van der Waals surface area (Å²) in [7, 11) is 0.